The molecule has 0 aliphatic carbocycles. The lowest BCUT2D eigenvalue weighted by atomic mass is 10.2. The number of aliphatic carboxylic acids is 1. The second-order valence-electron chi connectivity index (χ2n) is 5.20. The first-order valence-corrected chi connectivity index (χ1v) is 7.62. The summed E-state index contributed by atoms with van der Waals surface area (Å²) in [5.41, 5.74) is 1.16. The van der Waals surface area contributed by atoms with Gasteiger partial charge in [-0.15, -0.1) is 0 Å². The third-order valence-electron chi connectivity index (χ3n) is 3.50. The molecule has 0 fully saturated rings. The number of carbonyl (C=O) groups is 1. The fraction of sp³-hybridized carbons (Fsp3) is 0.167. The predicted molar refractivity (Wildman–Crippen MR) is 91.4 cm³/mol. The van der Waals surface area contributed by atoms with E-state index in [9.17, 15) is 4.79 Å². The van der Waals surface area contributed by atoms with E-state index in [1.54, 1.807) is 56.7 Å². The lowest BCUT2D eigenvalue weighted by Gasteiger charge is -2.06. The van der Waals surface area contributed by atoms with Crippen molar-refractivity contribution in [1.29, 1.82) is 0 Å². The molecule has 0 aliphatic rings. The van der Waals surface area contributed by atoms with E-state index in [0.29, 0.717) is 34.2 Å². The van der Waals surface area contributed by atoms with Crippen LogP contribution in [0.4, 0.5) is 0 Å². The van der Waals surface area contributed by atoms with Gasteiger partial charge in [-0.1, -0.05) is 17.3 Å². The predicted octanol–water partition coefficient (Wildman–Crippen LogP) is 2.88. The van der Waals surface area contributed by atoms with E-state index in [0.717, 1.165) is 0 Å². The molecule has 0 radical (unpaired) electrons. The Morgan fingerprint density at radius 3 is 2.46 bits per heavy atom. The standard InChI is InChI=1S/C18H16N2O6/c1-23-12-7-11(8-13(9-12)24-2)17-19-18(26-20-17)14-5-3-4-6-15(14)25-10-16(21)22/h3-9H,10H2,1-2H3,(H,21,22). The van der Waals surface area contributed by atoms with Crippen LogP contribution in [0.3, 0.4) is 0 Å². The molecule has 8 nitrogen and oxygen atoms in total. The molecule has 0 saturated carbocycles. The van der Waals surface area contributed by atoms with Crippen LogP contribution in [-0.2, 0) is 4.79 Å². The molecular weight excluding hydrogens is 340 g/mol. The van der Waals surface area contributed by atoms with Gasteiger partial charge < -0.3 is 23.8 Å². The quantitative estimate of drug-likeness (QED) is 0.689. The summed E-state index contributed by atoms with van der Waals surface area (Å²) in [6.45, 7) is -0.467. The van der Waals surface area contributed by atoms with Crippen LogP contribution in [0.2, 0.25) is 0 Å². The highest BCUT2D eigenvalue weighted by atomic mass is 16.5. The molecule has 2 aromatic carbocycles. The van der Waals surface area contributed by atoms with Crippen LogP contribution >= 0.6 is 0 Å². The lowest BCUT2D eigenvalue weighted by molar-refractivity contribution is -0.139. The van der Waals surface area contributed by atoms with Crippen LogP contribution in [0.5, 0.6) is 17.2 Å². The van der Waals surface area contributed by atoms with Gasteiger partial charge >= 0.3 is 5.97 Å². The first kappa shape index (κ1) is 17.3. The molecule has 26 heavy (non-hydrogen) atoms. The number of carboxylic acid groups (broad SMARTS) is 1. The molecule has 0 aliphatic heterocycles. The van der Waals surface area contributed by atoms with Crippen LogP contribution in [-0.4, -0.2) is 42.0 Å². The maximum atomic E-state index is 10.7. The topological polar surface area (TPSA) is 104 Å². The summed E-state index contributed by atoms with van der Waals surface area (Å²) in [5.74, 6) is 1.00. The fourth-order valence-corrected chi connectivity index (χ4v) is 2.30. The number of para-hydroxylation sites is 1. The van der Waals surface area contributed by atoms with Gasteiger partial charge in [0.1, 0.15) is 17.2 Å². The lowest BCUT2D eigenvalue weighted by Crippen LogP contribution is -2.09. The van der Waals surface area contributed by atoms with Crippen molar-refractivity contribution in [2.24, 2.45) is 0 Å². The highest BCUT2D eigenvalue weighted by Crippen LogP contribution is 2.32. The Labute approximate surface area is 148 Å². The van der Waals surface area contributed by atoms with E-state index in [-0.39, 0.29) is 5.89 Å². The Morgan fingerprint density at radius 2 is 1.81 bits per heavy atom. The number of rotatable bonds is 7. The molecule has 1 N–H and O–H groups in total. The smallest absolute Gasteiger partial charge is 0.341 e. The van der Waals surface area contributed by atoms with Crippen LogP contribution in [0.25, 0.3) is 22.8 Å². The number of hydrogen-bond acceptors (Lipinski definition) is 7. The number of nitrogens with zero attached hydrogens (tertiary/aromatic N) is 2. The van der Waals surface area contributed by atoms with Crippen molar-refractivity contribution in [3.63, 3.8) is 0 Å². The Kier molecular flexibility index (Phi) is 5.02. The molecule has 0 bridgehead atoms. The van der Waals surface area contributed by atoms with E-state index in [2.05, 4.69) is 10.1 Å². The van der Waals surface area contributed by atoms with Gasteiger partial charge in [0, 0.05) is 11.6 Å². The van der Waals surface area contributed by atoms with Crippen molar-refractivity contribution in [3.05, 3.63) is 42.5 Å². The molecule has 8 heteroatoms. The number of methoxy groups -OCH3 is 2. The maximum absolute atomic E-state index is 10.7. The summed E-state index contributed by atoms with van der Waals surface area (Å²) < 4.78 is 21.1. The summed E-state index contributed by atoms with van der Waals surface area (Å²) in [7, 11) is 3.10. The molecule has 0 saturated heterocycles. The summed E-state index contributed by atoms with van der Waals surface area (Å²) >= 11 is 0. The van der Waals surface area contributed by atoms with E-state index in [4.69, 9.17) is 23.8 Å². The molecule has 3 aromatic rings. The SMILES string of the molecule is COc1cc(OC)cc(-c2noc(-c3ccccc3OCC(=O)O)n2)c1. The Bertz CT molecular complexity index is 899. The second kappa shape index (κ2) is 7.56. The zero-order valence-electron chi connectivity index (χ0n) is 14.1. The zero-order valence-corrected chi connectivity index (χ0v) is 14.1. The number of benzene rings is 2. The van der Waals surface area contributed by atoms with Gasteiger partial charge in [0.2, 0.25) is 5.82 Å². The monoisotopic (exact) mass is 356 g/mol. The normalized spacial score (nSPS) is 10.4. The molecule has 134 valence electrons. The minimum Gasteiger partial charge on any atom is -0.497 e. The average molecular weight is 356 g/mol. The van der Waals surface area contributed by atoms with Crippen LogP contribution in [0.1, 0.15) is 0 Å². The third-order valence-corrected chi connectivity index (χ3v) is 3.50. The largest absolute Gasteiger partial charge is 0.497 e. The van der Waals surface area contributed by atoms with E-state index < -0.39 is 12.6 Å². The van der Waals surface area contributed by atoms with Gasteiger partial charge in [-0.25, -0.2) is 4.79 Å². The molecule has 0 atom stereocenters. The molecule has 0 unspecified atom stereocenters. The van der Waals surface area contributed by atoms with Gasteiger partial charge in [0.15, 0.2) is 6.61 Å². The van der Waals surface area contributed by atoms with Gasteiger partial charge in [0.25, 0.3) is 5.89 Å². The maximum Gasteiger partial charge on any atom is 0.341 e. The minimum absolute atomic E-state index is 0.211. The van der Waals surface area contributed by atoms with Crippen LogP contribution in [0, 0.1) is 0 Å². The Balaban J connectivity index is 1.95. The highest BCUT2D eigenvalue weighted by molar-refractivity contribution is 5.70. The van der Waals surface area contributed by atoms with Crippen molar-refractivity contribution in [1.82, 2.24) is 10.1 Å². The molecule has 1 heterocycles. The molecule has 1 aromatic heterocycles. The molecule has 3 rings (SSSR count). The summed E-state index contributed by atoms with van der Waals surface area (Å²) in [6.07, 6.45) is 0. The van der Waals surface area contributed by atoms with Gasteiger partial charge in [-0.2, -0.15) is 4.98 Å². The van der Waals surface area contributed by atoms with Crippen LogP contribution in [0.15, 0.2) is 47.0 Å². The number of ether oxygens (including phenoxy) is 3. The molecular formula is C18H16N2O6. The average Bonchev–Trinajstić information content (AvgIpc) is 3.16. The van der Waals surface area contributed by atoms with Crippen LogP contribution < -0.4 is 14.2 Å². The second-order valence-corrected chi connectivity index (χ2v) is 5.20. The Morgan fingerprint density at radius 1 is 1.12 bits per heavy atom. The summed E-state index contributed by atoms with van der Waals surface area (Å²) in [6, 6.07) is 12.1. The highest BCUT2D eigenvalue weighted by Gasteiger charge is 2.16. The summed E-state index contributed by atoms with van der Waals surface area (Å²) in [4.78, 5) is 15.1. The van der Waals surface area contributed by atoms with Gasteiger partial charge in [-0.3, -0.25) is 0 Å². The van der Waals surface area contributed by atoms with Crippen molar-refractivity contribution in [2.45, 2.75) is 0 Å². The zero-order chi connectivity index (χ0) is 18.5. The van der Waals surface area contributed by atoms with Crippen molar-refractivity contribution >= 4 is 5.97 Å². The first-order chi connectivity index (χ1) is 12.6. The Hall–Kier alpha value is -3.55. The number of carboxylic acids is 1. The third kappa shape index (κ3) is 3.75. The minimum atomic E-state index is -1.07. The van der Waals surface area contributed by atoms with Crippen molar-refractivity contribution in [2.75, 3.05) is 20.8 Å². The number of aromatic nitrogens is 2. The van der Waals surface area contributed by atoms with Crippen molar-refractivity contribution in [3.8, 4) is 40.1 Å². The fourth-order valence-electron chi connectivity index (χ4n) is 2.30. The molecule has 0 spiro atoms. The van der Waals surface area contributed by atoms with Crippen molar-refractivity contribution < 1.29 is 28.6 Å². The van der Waals surface area contributed by atoms with Gasteiger partial charge in [-0.05, 0) is 24.3 Å². The van der Waals surface area contributed by atoms with Gasteiger partial charge in [0.05, 0.1) is 19.8 Å². The first-order valence-electron chi connectivity index (χ1n) is 7.62. The van der Waals surface area contributed by atoms with E-state index in [1.165, 1.54) is 0 Å². The summed E-state index contributed by atoms with van der Waals surface area (Å²) in [5, 5.41) is 12.8. The van der Waals surface area contributed by atoms with E-state index >= 15 is 0 Å². The molecule has 0 amide bonds. The van der Waals surface area contributed by atoms with E-state index in [1.807, 2.05) is 0 Å². The number of hydrogen-bond donors (Lipinski definition) is 1.